The van der Waals surface area contributed by atoms with Crippen molar-refractivity contribution in [1.29, 1.82) is 0 Å². The molecule has 1 fully saturated rings. The van der Waals surface area contributed by atoms with Crippen LogP contribution in [0.5, 0.6) is 0 Å². The quantitative estimate of drug-likeness (QED) is 0.475. The molecule has 11 heteroatoms. The SMILES string of the molecule is CCCCC(N=C1NS(=O)(=O)c2ccccc21)C(=O)N1CCN(c2ccccc2[N+](=O)[O-])CC1. The van der Waals surface area contributed by atoms with Gasteiger partial charge in [-0.2, -0.15) is 0 Å². The summed E-state index contributed by atoms with van der Waals surface area (Å²) in [6.45, 7) is 3.75. The number of nitrogens with one attached hydrogen (secondary N) is 1. The van der Waals surface area contributed by atoms with E-state index in [1.165, 1.54) is 12.1 Å². The van der Waals surface area contributed by atoms with Crippen LogP contribution in [-0.4, -0.2) is 62.2 Å². The number of nitro groups is 1. The summed E-state index contributed by atoms with van der Waals surface area (Å²) < 4.78 is 27.4. The number of nitrogens with zero attached hydrogens (tertiary/aromatic N) is 4. The number of para-hydroxylation sites is 2. The second-order valence-corrected chi connectivity index (χ2v) is 9.95. The highest BCUT2D eigenvalue weighted by Crippen LogP contribution is 2.29. The number of amidine groups is 1. The molecule has 10 nitrogen and oxygen atoms in total. The minimum absolute atomic E-state index is 0.0432. The van der Waals surface area contributed by atoms with Gasteiger partial charge in [-0.3, -0.25) is 24.6 Å². The topological polar surface area (TPSA) is 125 Å². The Kier molecular flexibility index (Phi) is 6.82. The maximum Gasteiger partial charge on any atom is 0.292 e. The summed E-state index contributed by atoms with van der Waals surface area (Å²) in [4.78, 5) is 32.7. The highest BCUT2D eigenvalue weighted by atomic mass is 32.2. The Labute approximate surface area is 198 Å². The molecular formula is C23H27N5O5S. The van der Waals surface area contributed by atoms with Gasteiger partial charge in [0.1, 0.15) is 17.6 Å². The normalized spacial score (nSPS) is 18.9. The molecule has 1 atom stereocenters. The first-order valence-corrected chi connectivity index (χ1v) is 12.8. The number of carbonyl (C=O) groups excluding carboxylic acids is 1. The number of fused-ring (bicyclic) bond motifs is 1. The summed E-state index contributed by atoms with van der Waals surface area (Å²) in [5.41, 5.74) is 1.05. The molecule has 1 unspecified atom stereocenters. The lowest BCUT2D eigenvalue weighted by Crippen LogP contribution is -2.51. The fourth-order valence-electron chi connectivity index (χ4n) is 4.29. The summed E-state index contributed by atoms with van der Waals surface area (Å²) in [5.74, 6) is 0.0374. The van der Waals surface area contributed by atoms with E-state index >= 15 is 0 Å². The number of hydrogen-bond donors (Lipinski definition) is 1. The van der Waals surface area contributed by atoms with Crippen molar-refractivity contribution in [3.63, 3.8) is 0 Å². The maximum absolute atomic E-state index is 13.4. The molecule has 0 saturated carbocycles. The van der Waals surface area contributed by atoms with Gasteiger partial charge < -0.3 is 9.80 Å². The second kappa shape index (κ2) is 9.80. The second-order valence-electron chi connectivity index (χ2n) is 8.30. The minimum atomic E-state index is -3.69. The molecule has 1 saturated heterocycles. The van der Waals surface area contributed by atoms with E-state index in [1.54, 1.807) is 41.3 Å². The van der Waals surface area contributed by atoms with Crippen LogP contribution < -0.4 is 9.62 Å². The monoisotopic (exact) mass is 485 g/mol. The molecule has 1 amide bonds. The Hall–Kier alpha value is -3.47. The van der Waals surface area contributed by atoms with Gasteiger partial charge in [0.15, 0.2) is 0 Å². The van der Waals surface area contributed by atoms with Crippen molar-refractivity contribution in [2.24, 2.45) is 4.99 Å². The largest absolute Gasteiger partial charge is 0.362 e. The molecule has 2 aliphatic heterocycles. The Morgan fingerprint density at radius 2 is 1.79 bits per heavy atom. The van der Waals surface area contributed by atoms with E-state index in [0.29, 0.717) is 43.9 Å². The number of anilines is 1. The zero-order valence-corrected chi connectivity index (χ0v) is 19.7. The van der Waals surface area contributed by atoms with E-state index in [1.807, 2.05) is 11.8 Å². The molecule has 2 aromatic carbocycles. The maximum atomic E-state index is 13.4. The van der Waals surface area contributed by atoms with Crippen molar-refractivity contribution in [2.45, 2.75) is 37.1 Å². The summed E-state index contributed by atoms with van der Waals surface area (Å²) in [6.07, 6.45) is 2.16. The molecular weight excluding hydrogens is 458 g/mol. The first-order valence-electron chi connectivity index (χ1n) is 11.3. The number of hydrogen-bond acceptors (Lipinski definition) is 7. The molecule has 34 heavy (non-hydrogen) atoms. The zero-order chi connectivity index (χ0) is 24.3. The van der Waals surface area contributed by atoms with Gasteiger partial charge in [-0.05, 0) is 24.6 Å². The highest BCUT2D eigenvalue weighted by Gasteiger charge is 2.33. The third-order valence-electron chi connectivity index (χ3n) is 6.07. The van der Waals surface area contributed by atoms with E-state index in [-0.39, 0.29) is 22.3 Å². The molecule has 0 aliphatic carbocycles. The average Bonchev–Trinajstić information content (AvgIpc) is 3.11. The Morgan fingerprint density at radius 1 is 1.12 bits per heavy atom. The van der Waals surface area contributed by atoms with Crippen LogP contribution in [0.15, 0.2) is 58.4 Å². The molecule has 1 N–H and O–H groups in total. The lowest BCUT2D eigenvalue weighted by molar-refractivity contribution is -0.384. The van der Waals surface area contributed by atoms with Crippen molar-refractivity contribution in [3.05, 3.63) is 64.2 Å². The van der Waals surface area contributed by atoms with E-state index in [9.17, 15) is 23.3 Å². The summed E-state index contributed by atoms with van der Waals surface area (Å²) in [7, 11) is -3.69. The van der Waals surface area contributed by atoms with E-state index in [0.717, 1.165) is 12.8 Å². The number of rotatable bonds is 7. The van der Waals surface area contributed by atoms with Gasteiger partial charge in [0, 0.05) is 37.8 Å². The summed E-state index contributed by atoms with van der Waals surface area (Å²) in [6, 6.07) is 12.5. The van der Waals surface area contributed by atoms with Crippen molar-refractivity contribution in [3.8, 4) is 0 Å². The van der Waals surface area contributed by atoms with E-state index in [2.05, 4.69) is 9.71 Å². The molecule has 0 spiro atoms. The van der Waals surface area contributed by atoms with Crippen LogP contribution in [0.25, 0.3) is 0 Å². The lowest BCUT2D eigenvalue weighted by atomic mass is 10.1. The first kappa shape index (κ1) is 23.7. The molecule has 180 valence electrons. The van der Waals surface area contributed by atoms with Crippen LogP contribution in [-0.2, 0) is 14.8 Å². The predicted octanol–water partition coefficient (Wildman–Crippen LogP) is 2.54. The molecule has 2 heterocycles. The van der Waals surface area contributed by atoms with Crippen molar-refractivity contribution in [2.75, 3.05) is 31.1 Å². The van der Waals surface area contributed by atoms with Crippen molar-refractivity contribution >= 4 is 33.1 Å². The summed E-state index contributed by atoms with van der Waals surface area (Å²) >= 11 is 0. The number of sulfonamides is 1. The summed E-state index contributed by atoms with van der Waals surface area (Å²) in [5, 5.41) is 11.4. The van der Waals surface area contributed by atoms with Gasteiger partial charge in [0.2, 0.25) is 5.91 Å². The number of nitro benzene ring substituents is 1. The smallest absolute Gasteiger partial charge is 0.292 e. The molecule has 0 aromatic heterocycles. The zero-order valence-electron chi connectivity index (χ0n) is 18.9. The third kappa shape index (κ3) is 4.74. The fraction of sp³-hybridized carbons (Fsp3) is 0.391. The lowest BCUT2D eigenvalue weighted by Gasteiger charge is -2.36. The molecule has 2 aliphatic rings. The Bertz CT molecular complexity index is 1220. The van der Waals surface area contributed by atoms with Gasteiger partial charge in [0.05, 0.1) is 9.82 Å². The third-order valence-corrected chi connectivity index (χ3v) is 7.47. The predicted molar refractivity (Wildman–Crippen MR) is 129 cm³/mol. The Balaban J connectivity index is 1.52. The van der Waals surface area contributed by atoms with Crippen LogP contribution in [0.3, 0.4) is 0 Å². The van der Waals surface area contributed by atoms with Crippen molar-refractivity contribution < 1.29 is 18.1 Å². The van der Waals surface area contributed by atoms with Crippen LogP contribution in [0, 0.1) is 10.1 Å². The van der Waals surface area contributed by atoms with Gasteiger partial charge in [0.25, 0.3) is 15.7 Å². The highest BCUT2D eigenvalue weighted by molar-refractivity contribution is 7.90. The first-order chi connectivity index (χ1) is 16.3. The van der Waals surface area contributed by atoms with Crippen LogP contribution in [0.4, 0.5) is 11.4 Å². The fourth-order valence-corrected chi connectivity index (χ4v) is 5.53. The van der Waals surface area contributed by atoms with Crippen LogP contribution in [0.1, 0.15) is 31.7 Å². The number of benzene rings is 2. The van der Waals surface area contributed by atoms with Gasteiger partial charge >= 0.3 is 0 Å². The van der Waals surface area contributed by atoms with Crippen LogP contribution >= 0.6 is 0 Å². The van der Waals surface area contributed by atoms with Gasteiger partial charge in [-0.25, -0.2) is 8.42 Å². The number of amides is 1. The molecule has 0 radical (unpaired) electrons. The average molecular weight is 486 g/mol. The van der Waals surface area contributed by atoms with Crippen molar-refractivity contribution in [1.82, 2.24) is 9.62 Å². The number of carbonyl (C=O) groups is 1. The van der Waals surface area contributed by atoms with Gasteiger partial charge in [-0.15, -0.1) is 0 Å². The molecule has 0 bridgehead atoms. The Morgan fingerprint density at radius 3 is 2.50 bits per heavy atom. The van der Waals surface area contributed by atoms with Crippen LogP contribution in [0.2, 0.25) is 0 Å². The van der Waals surface area contributed by atoms with Gasteiger partial charge in [-0.1, -0.05) is 44.0 Å². The number of piperazine rings is 1. The minimum Gasteiger partial charge on any atom is -0.362 e. The standard InChI is InChI=1S/C23H27N5O5S/c1-2-3-9-18(24-22-17-8-4-7-12-21(17)34(32,33)25-22)23(29)27-15-13-26(14-16-27)19-10-5-6-11-20(19)28(30)31/h4-8,10-12,18H,2-3,9,13-16H2,1H3,(H,24,25). The number of aliphatic imine (C=N–C) groups is 1. The molecule has 4 rings (SSSR count). The van der Waals surface area contributed by atoms with E-state index < -0.39 is 21.0 Å². The molecule has 2 aromatic rings. The number of unbranched alkanes of at least 4 members (excludes halogenated alkanes) is 1. The van der Waals surface area contributed by atoms with E-state index in [4.69, 9.17) is 0 Å².